The molecule has 1 aromatic carbocycles. The Hall–Kier alpha value is -2.09. The van der Waals surface area contributed by atoms with Gasteiger partial charge in [0, 0.05) is 25.1 Å². The topological polar surface area (TPSA) is 74.0 Å². The summed E-state index contributed by atoms with van der Waals surface area (Å²) in [6, 6.07) is 7.95. The Morgan fingerprint density at radius 2 is 2.04 bits per heavy atom. The quantitative estimate of drug-likeness (QED) is 0.787. The summed E-state index contributed by atoms with van der Waals surface area (Å²) in [5, 5.41) is 2.03. The lowest BCUT2D eigenvalue weighted by Crippen LogP contribution is -2.42. The Labute approximate surface area is 163 Å². The molecule has 2 atom stereocenters. The average molecular weight is 391 g/mol. The second-order valence-corrected chi connectivity index (χ2v) is 7.44. The number of carbonyl (C=O) groups is 1. The number of thiophene rings is 1. The Morgan fingerprint density at radius 1 is 1.30 bits per heavy atom. The lowest BCUT2D eigenvalue weighted by atomic mass is 9.90. The number of nitrogens with zero attached hydrogens (tertiary/aromatic N) is 1. The van der Waals surface area contributed by atoms with Crippen LogP contribution in [0.2, 0.25) is 0 Å². The predicted octanol–water partition coefficient (Wildman–Crippen LogP) is 2.60. The fraction of sp³-hybridized carbons (Fsp3) is 0.450. The molecule has 2 N–H and O–H groups in total. The van der Waals surface area contributed by atoms with Crippen molar-refractivity contribution < 1.29 is 19.0 Å². The van der Waals surface area contributed by atoms with Crippen molar-refractivity contribution in [3.63, 3.8) is 0 Å². The highest BCUT2D eigenvalue weighted by atomic mass is 32.1. The monoisotopic (exact) mass is 390 g/mol. The molecular formula is C20H26N2O4S. The van der Waals surface area contributed by atoms with Crippen LogP contribution in [0.4, 0.5) is 0 Å². The molecule has 0 aliphatic carbocycles. The fourth-order valence-corrected chi connectivity index (χ4v) is 4.40. The predicted molar refractivity (Wildman–Crippen MR) is 106 cm³/mol. The molecule has 0 bridgehead atoms. The maximum Gasteiger partial charge on any atom is 0.226 e. The van der Waals surface area contributed by atoms with E-state index in [4.69, 9.17) is 19.9 Å². The van der Waals surface area contributed by atoms with Crippen LogP contribution in [0, 0.1) is 0 Å². The molecule has 1 aliphatic heterocycles. The summed E-state index contributed by atoms with van der Waals surface area (Å²) in [4.78, 5) is 16.1. The van der Waals surface area contributed by atoms with E-state index in [1.54, 1.807) is 32.7 Å². The van der Waals surface area contributed by atoms with E-state index >= 15 is 0 Å². The molecule has 1 amide bonds. The maximum atomic E-state index is 13.1. The normalized spacial score (nSPS) is 17.3. The van der Waals surface area contributed by atoms with Crippen LogP contribution in [-0.4, -0.2) is 51.3 Å². The van der Waals surface area contributed by atoms with E-state index in [9.17, 15) is 4.79 Å². The minimum Gasteiger partial charge on any atom is -0.493 e. The summed E-state index contributed by atoms with van der Waals surface area (Å²) in [6.45, 7) is 0.965. The third kappa shape index (κ3) is 3.95. The number of benzene rings is 1. The second kappa shape index (κ2) is 8.73. The maximum absolute atomic E-state index is 13.1. The number of methoxy groups -OCH3 is 3. The first-order valence-electron chi connectivity index (χ1n) is 8.93. The van der Waals surface area contributed by atoms with Crippen LogP contribution >= 0.6 is 11.3 Å². The molecule has 0 fully saturated rings. The molecule has 2 aromatic rings. The zero-order valence-corrected chi connectivity index (χ0v) is 16.8. The minimum absolute atomic E-state index is 0.0473. The summed E-state index contributed by atoms with van der Waals surface area (Å²) in [6.07, 6.45) is 0.773. The molecule has 146 valence electrons. The van der Waals surface area contributed by atoms with Crippen LogP contribution in [0.1, 0.15) is 28.5 Å². The summed E-state index contributed by atoms with van der Waals surface area (Å²) in [7, 11) is 4.85. The molecule has 0 radical (unpaired) electrons. The highest BCUT2D eigenvalue weighted by Gasteiger charge is 2.34. The number of carbonyl (C=O) groups excluding carboxylic acids is 1. The van der Waals surface area contributed by atoms with Crippen molar-refractivity contribution in [1.82, 2.24) is 4.90 Å². The second-order valence-electron chi connectivity index (χ2n) is 6.46. The van der Waals surface area contributed by atoms with Gasteiger partial charge in [-0.05, 0) is 41.1 Å². The first kappa shape index (κ1) is 19.7. The van der Waals surface area contributed by atoms with E-state index in [1.165, 1.54) is 5.56 Å². The van der Waals surface area contributed by atoms with Gasteiger partial charge in [0.2, 0.25) is 5.91 Å². The van der Waals surface area contributed by atoms with Gasteiger partial charge in [0.15, 0.2) is 11.5 Å². The molecule has 0 saturated carbocycles. The van der Waals surface area contributed by atoms with Gasteiger partial charge in [0.25, 0.3) is 0 Å². The van der Waals surface area contributed by atoms with Crippen molar-refractivity contribution in [2.75, 3.05) is 34.4 Å². The molecule has 2 unspecified atom stereocenters. The molecular weight excluding hydrogens is 364 g/mol. The zero-order valence-electron chi connectivity index (χ0n) is 15.9. The largest absolute Gasteiger partial charge is 0.493 e. The van der Waals surface area contributed by atoms with E-state index in [0.717, 1.165) is 16.9 Å². The van der Waals surface area contributed by atoms with Crippen molar-refractivity contribution in [3.05, 3.63) is 45.6 Å². The van der Waals surface area contributed by atoms with Crippen LogP contribution in [0.25, 0.3) is 0 Å². The molecule has 1 aliphatic rings. The van der Waals surface area contributed by atoms with E-state index in [1.807, 2.05) is 28.5 Å². The van der Waals surface area contributed by atoms with Gasteiger partial charge in [-0.2, -0.15) is 0 Å². The van der Waals surface area contributed by atoms with Gasteiger partial charge in [-0.3, -0.25) is 4.79 Å². The zero-order chi connectivity index (χ0) is 19.4. The average Bonchev–Trinajstić information content (AvgIpc) is 3.24. The van der Waals surface area contributed by atoms with Crippen molar-refractivity contribution in [2.24, 2.45) is 5.73 Å². The highest BCUT2D eigenvalue weighted by molar-refractivity contribution is 7.10. The Kier molecular flexibility index (Phi) is 6.36. The van der Waals surface area contributed by atoms with Gasteiger partial charge in [-0.1, -0.05) is 6.07 Å². The molecule has 7 heteroatoms. The van der Waals surface area contributed by atoms with E-state index in [2.05, 4.69) is 6.07 Å². The molecule has 0 spiro atoms. The number of hydrogen-bond acceptors (Lipinski definition) is 6. The number of fused-ring (bicyclic) bond motifs is 1. The van der Waals surface area contributed by atoms with E-state index < -0.39 is 0 Å². The Bertz CT molecular complexity index is 775. The van der Waals surface area contributed by atoms with Crippen LogP contribution in [-0.2, 0) is 16.0 Å². The van der Waals surface area contributed by atoms with Gasteiger partial charge in [-0.25, -0.2) is 0 Å². The third-order valence-electron chi connectivity index (χ3n) is 5.01. The lowest BCUT2D eigenvalue weighted by molar-refractivity contribution is -0.135. The SMILES string of the molecule is COc1cc2c(cc1OC)C(c1cccs1)N(C(=O)CC(CN)OC)CC2. The highest BCUT2D eigenvalue weighted by Crippen LogP contribution is 2.42. The van der Waals surface area contributed by atoms with Gasteiger partial charge < -0.3 is 24.8 Å². The first-order valence-corrected chi connectivity index (χ1v) is 9.81. The molecule has 27 heavy (non-hydrogen) atoms. The van der Waals surface area contributed by atoms with Gasteiger partial charge in [-0.15, -0.1) is 11.3 Å². The van der Waals surface area contributed by atoms with Crippen LogP contribution in [0.3, 0.4) is 0 Å². The van der Waals surface area contributed by atoms with Gasteiger partial charge in [0.05, 0.1) is 32.8 Å². The van der Waals surface area contributed by atoms with Crippen LogP contribution in [0.15, 0.2) is 29.6 Å². The molecule has 1 aromatic heterocycles. The number of rotatable bonds is 7. The van der Waals surface area contributed by atoms with Gasteiger partial charge in [0.1, 0.15) is 0 Å². The van der Waals surface area contributed by atoms with Crippen molar-refractivity contribution >= 4 is 17.2 Å². The number of hydrogen-bond donors (Lipinski definition) is 1. The third-order valence-corrected chi connectivity index (χ3v) is 5.93. The fourth-order valence-electron chi connectivity index (χ4n) is 3.54. The molecule has 6 nitrogen and oxygen atoms in total. The Morgan fingerprint density at radius 3 is 2.63 bits per heavy atom. The number of amides is 1. The van der Waals surface area contributed by atoms with E-state index in [-0.39, 0.29) is 24.5 Å². The Balaban J connectivity index is 2.01. The lowest BCUT2D eigenvalue weighted by Gasteiger charge is -2.38. The van der Waals surface area contributed by atoms with E-state index in [0.29, 0.717) is 24.6 Å². The van der Waals surface area contributed by atoms with Crippen molar-refractivity contribution in [2.45, 2.75) is 25.0 Å². The van der Waals surface area contributed by atoms with Gasteiger partial charge >= 0.3 is 0 Å². The number of ether oxygens (including phenoxy) is 3. The standard InChI is InChI=1S/C20H26N2O4S/c1-24-14(12-21)10-19(23)22-7-6-13-9-16(25-2)17(26-3)11-15(13)20(22)18-5-4-8-27-18/h4-5,8-9,11,14,20H,6-7,10,12,21H2,1-3H3. The van der Waals surface area contributed by atoms with Crippen molar-refractivity contribution in [3.8, 4) is 11.5 Å². The molecule has 2 heterocycles. The van der Waals surface area contributed by atoms with Crippen molar-refractivity contribution in [1.29, 1.82) is 0 Å². The first-order chi connectivity index (χ1) is 13.1. The van der Waals surface area contributed by atoms with Crippen LogP contribution < -0.4 is 15.2 Å². The smallest absolute Gasteiger partial charge is 0.226 e. The number of nitrogens with two attached hydrogens (primary N) is 1. The summed E-state index contributed by atoms with van der Waals surface area (Å²) in [5.41, 5.74) is 7.97. The summed E-state index contributed by atoms with van der Waals surface area (Å²) in [5.74, 6) is 1.43. The summed E-state index contributed by atoms with van der Waals surface area (Å²) >= 11 is 1.65. The van der Waals surface area contributed by atoms with Crippen LogP contribution in [0.5, 0.6) is 11.5 Å². The molecule has 0 saturated heterocycles. The molecule has 3 rings (SSSR count). The summed E-state index contributed by atoms with van der Waals surface area (Å²) < 4.78 is 16.3. The minimum atomic E-state index is -0.270.